The van der Waals surface area contributed by atoms with E-state index in [1.807, 2.05) is 36.4 Å². The van der Waals surface area contributed by atoms with E-state index in [1.165, 1.54) is 0 Å². The van der Waals surface area contributed by atoms with Crippen molar-refractivity contribution in [3.8, 4) is 11.4 Å². The number of nitrogens with zero attached hydrogens (tertiary/aromatic N) is 4. The molecule has 0 atom stereocenters. The largest absolute Gasteiger partial charge is 0.454 e. The van der Waals surface area contributed by atoms with E-state index < -0.39 is 18.5 Å². The first-order valence-corrected chi connectivity index (χ1v) is 10.1. The van der Waals surface area contributed by atoms with Gasteiger partial charge in [0, 0.05) is 16.7 Å². The number of tetrazole rings is 1. The number of esters is 1. The van der Waals surface area contributed by atoms with Gasteiger partial charge in [0.2, 0.25) is 5.82 Å². The average Bonchev–Trinajstić information content (AvgIpc) is 3.32. The van der Waals surface area contributed by atoms with Crippen molar-refractivity contribution in [1.29, 1.82) is 0 Å². The van der Waals surface area contributed by atoms with Crippen LogP contribution >= 0.6 is 0 Å². The van der Waals surface area contributed by atoms with Crippen LogP contribution in [-0.2, 0) is 20.9 Å². The molecule has 4 aromatic rings. The first-order valence-electron chi connectivity index (χ1n) is 10.1. The summed E-state index contributed by atoms with van der Waals surface area (Å²) in [5.41, 5.74) is 1.93. The van der Waals surface area contributed by atoms with E-state index in [4.69, 9.17) is 4.74 Å². The maximum atomic E-state index is 12.8. The minimum atomic E-state index is -0.698. The molecule has 0 unspecified atom stereocenters. The highest BCUT2D eigenvalue weighted by atomic mass is 16.5. The van der Waals surface area contributed by atoms with E-state index in [2.05, 4.69) is 20.7 Å². The van der Waals surface area contributed by atoms with Crippen LogP contribution in [0.15, 0.2) is 84.9 Å². The topological polar surface area (TPSA) is 116 Å². The lowest BCUT2D eigenvalue weighted by Crippen LogP contribution is -2.24. The van der Waals surface area contributed by atoms with E-state index in [-0.39, 0.29) is 12.3 Å². The zero-order chi connectivity index (χ0) is 23.0. The summed E-state index contributed by atoms with van der Waals surface area (Å²) in [6, 6.07) is 24.6. The van der Waals surface area contributed by atoms with Gasteiger partial charge in [0.1, 0.15) is 0 Å². The molecule has 0 aliphatic carbocycles. The third-order valence-corrected chi connectivity index (χ3v) is 4.60. The normalized spacial score (nSPS) is 10.4. The first-order chi connectivity index (χ1) is 16.1. The number of aromatic nitrogens is 4. The molecule has 0 aliphatic rings. The van der Waals surface area contributed by atoms with Gasteiger partial charge in [-0.05, 0) is 17.3 Å². The zero-order valence-electron chi connectivity index (χ0n) is 17.4. The molecule has 164 valence electrons. The maximum absolute atomic E-state index is 12.8. The highest BCUT2D eigenvalue weighted by Crippen LogP contribution is 2.19. The SMILES string of the molecule is O=C(COC(=O)Cn1nnc(-c2ccccc2)n1)Nc1ccccc1C(=O)c1ccccc1. The second-order valence-electron chi connectivity index (χ2n) is 6.96. The molecule has 3 aromatic carbocycles. The lowest BCUT2D eigenvalue weighted by molar-refractivity contribution is -0.148. The number of carbonyl (C=O) groups is 3. The molecular weight excluding hydrogens is 422 g/mol. The summed E-state index contributed by atoms with van der Waals surface area (Å²) in [5, 5.41) is 14.5. The quantitative estimate of drug-likeness (QED) is 0.330. The van der Waals surface area contributed by atoms with Crippen molar-refractivity contribution in [2.45, 2.75) is 6.54 Å². The van der Waals surface area contributed by atoms with Crippen molar-refractivity contribution >= 4 is 23.3 Å². The summed E-state index contributed by atoms with van der Waals surface area (Å²) in [7, 11) is 0. The Balaban J connectivity index is 1.32. The molecule has 0 aliphatic heterocycles. The Bertz CT molecular complexity index is 1270. The van der Waals surface area contributed by atoms with Crippen LogP contribution in [0.25, 0.3) is 11.4 Å². The van der Waals surface area contributed by atoms with E-state index in [0.29, 0.717) is 22.6 Å². The third kappa shape index (κ3) is 5.53. The molecule has 1 N–H and O–H groups in total. The van der Waals surface area contributed by atoms with Gasteiger partial charge in [0.15, 0.2) is 18.9 Å². The van der Waals surface area contributed by atoms with Crippen LogP contribution in [0.3, 0.4) is 0 Å². The molecule has 0 radical (unpaired) electrons. The van der Waals surface area contributed by atoms with E-state index >= 15 is 0 Å². The van der Waals surface area contributed by atoms with Gasteiger partial charge in [0.05, 0.1) is 5.69 Å². The number of anilines is 1. The van der Waals surface area contributed by atoms with E-state index in [1.54, 1.807) is 48.5 Å². The molecule has 9 heteroatoms. The van der Waals surface area contributed by atoms with Gasteiger partial charge in [-0.25, -0.2) is 4.79 Å². The molecule has 1 amide bonds. The fourth-order valence-corrected chi connectivity index (χ4v) is 3.04. The van der Waals surface area contributed by atoms with Crippen LogP contribution in [0.4, 0.5) is 5.69 Å². The van der Waals surface area contributed by atoms with Crippen molar-refractivity contribution in [3.63, 3.8) is 0 Å². The molecule has 33 heavy (non-hydrogen) atoms. The fourth-order valence-electron chi connectivity index (χ4n) is 3.04. The Hall–Kier alpha value is -4.66. The summed E-state index contributed by atoms with van der Waals surface area (Å²) in [4.78, 5) is 38.3. The maximum Gasteiger partial charge on any atom is 0.330 e. The second-order valence-corrected chi connectivity index (χ2v) is 6.96. The molecule has 0 saturated heterocycles. The van der Waals surface area contributed by atoms with Crippen molar-refractivity contribution in [2.75, 3.05) is 11.9 Å². The second kappa shape index (κ2) is 10.1. The number of hydrogen-bond donors (Lipinski definition) is 1. The monoisotopic (exact) mass is 441 g/mol. The minimum Gasteiger partial charge on any atom is -0.454 e. The van der Waals surface area contributed by atoms with Crippen molar-refractivity contribution < 1.29 is 19.1 Å². The average molecular weight is 441 g/mol. The van der Waals surface area contributed by atoms with Gasteiger partial charge in [-0.2, -0.15) is 4.80 Å². The van der Waals surface area contributed by atoms with Crippen LogP contribution in [0.2, 0.25) is 0 Å². The van der Waals surface area contributed by atoms with E-state index in [0.717, 1.165) is 10.4 Å². The van der Waals surface area contributed by atoms with Gasteiger partial charge >= 0.3 is 5.97 Å². The van der Waals surface area contributed by atoms with Gasteiger partial charge in [-0.15, -0.1) is 10.2 Å². The smallest absolute Gasteiger partial charge is 0.330 e. The van der Waals surface area contributed by atoms with Crippen LogP contribution in [0.1, 0.15) is 15.9 Å². The molecule has 0 spiro atoms. The van der Waals surface area contributed by atoms with Crippen LogP contribution in [0.5, 0.6) is 0 Å². The number of amides is 1. The molecule has 1 heterocycles. The molecule has 0 saturated carbocycles. The van der Waals surface area contributed by atoms with Gasteiger partial charge in [-0.3, -0.25) is 9.59 Å². The third-order valence-electron chi connectivity index (χ3n) is 4.60. The highest BCUT2D eigenvalue weighted by molar-refractivity contribution is 6.13. The van der Waals surface area contributed by atoms with Crippen LogP contribution in [-0.4, -0.2) is 44.5 Å². The van der Waals surface area contributed by atoms with Gasteiger partial charge < -0.3 is 10.1 Å². The van der Waals surface area contributed by atoms with Crippen molar-refractivity contribution in [3.05, 3.63) is 96.1 Å². The Morgan fingerprint density at radius 3 is 2.27 bits per heavy atom. The Morgan fingerprint density at radius 2 is 1.52 bits per heavy atom. The fraction of sp³-hybridized carbons (Fsp3) is 0.0833. The zero-order valence-corrected chi connectivity index (χ0v) is 17.4. The Kier molecular flexibility index (Phi) is 6.60. The number of hydrogen-bond acceptors (Lipinski definition) is 7. The predicted octanol–water partition coefficient (Wildman–Crippen LogP) is 2.75. The standard InChI is InChI=1S/C24H19N5O4/c30-21(25-20-14-8-7-13-19(20)23(32)17-9-3-1-4-10-17)16-33-22(31)15-29-27-24(26-28-29)18-11-5-2-6-12-18/h1-14H,15-16H2,(H,25,30). The van der Waals surface area contributed by atoms with Crippen molar-refractivity contribution in [1.82, 2.24) is 20.2 Å². The minimum absolute atomic E-state index is 0.227. The lowest BCUT2D eigenvalue weighted by atomic mass is 10.0. The number of ether oxygens (including phenoxy) is 1. The summed E-state index contributed by atoms with van der Waals surface area (Å²) < 4.78 is 5.02. The summed E-state index contributed by atoms with van der Waals surface area (Å²) in [6.45, 7) is -0.816. The van der Waals surface area contributed by atoms with Crippen molar-refractivity contribution in [2.24, 2.45) is 0 Å². The number of nitrogens with one attached hydrogen (secondary N) is 1. The molecule has 0 bridgehead atoms. The predicted molar refractivity (Wildman–Crippen MR) is 119 cm³/mol. The number of para-hydroxylation sites is 1. The van der Waals surface area contributed by atoms with Gasteiger partial charge in [0.25, 0.3) is 5.91 Å². The molecular formula is C24H19N5O4. The van der Waals surface area contributed by atoms with E-state index in [9.17, 15) is 14.4 Å². The summed E-state index contributed by atoms with van der Waals surface area (Å²) in [5.74, 6) is -1.13. The number of ketones is 1. The Morgan fingerprint density at radius 1 is 0.848 bits per heavy atom. The molecule has 9 nitrogen and oxygen atoms in total. The van der Waals surface area contributed by atoms with Gasteiger partial charge in [-0.1, -0.05) is 72.8 Å². The summed E-state index contributed by atoms with van der Waals surface area (Å²) >= 11 is 0. The molecule has 0 fully saturated rings. The lowest BCUT2D eigenvalue weighted by Gasteiger charge is -2.11. The highest BCUT2D eigenvalue weighted by Gasteiger charge is 2.16. The molecule has 4 rings (SSSR count). The van der Waals surface area contributed by atoms with Crippen LogP contribution < -0.4 is 5.32 Å². The van der Waals surface area contributed by atoms with Crippen LogP contribution in [0, 0.1) is 0 Å². The molecule has 1 aromatic heterocycles. The Labute approximate surface area is 189 Å². The number of carbonyl (C=O) groups excluding carboxylic acids is 3. The summed E-state index contributed by atoms with van der Waals surface area (Å²) in [6.07, 6.45) is 0. The number of benzene rings is 3. The first kappa shape index (κ1) is 21.6. The number of rotatable bonds is 8.